The first-order valence-electron chi connectivity index (χ1n) is 6.36. The van der Waals surface area contributed by atoms with Crippen LogP contribution in [0.25, 0.3) is 0 Å². The summed E-state index contributed by atoms with van der Waals surface area (Å²) in [6.07, 6.45) is 2.23. The highest BCUT2D eigenvalue weighted by Gasteiger charge is 2.33. The molecule has 21 heavy (non-hydrogen) atoms. The number of carbonyl (C=O) groups is 2. The standard InChI is InChI=1S/C13H16N2O4S2/c1-20-11-4-2-9(3-5-11)12(16)14-15-13(17)10-6-7-21(18,19)8-10/h2-5,10H,6-8H2,1H3,(H,14,16)(H,15,17)/t10-/m0/s1. The van der Waals surface area contributed by atoms with Gasteiger partial charge in [-0.2, -0.15) is 0 Å². The Kier molecular flexibility index (Phi) is 4.89. The van der Waals surface area contributed by atoms with Gasteiger partial charge < -0.3 is 0 Å². The maximum atomic E-state index is 11.8. The molecule has 0 aromatic heterocycles. The van der Waals surface area contributed by atoms with Crippen molar-refractivity contribution in [3.63, 3.8) is 0 Å². The molecule has 8 heteroatoms. The number of rotatable bonds is 3. The third-order valence-electron chi connectivity index (χ3n) is 3.25. The van der Waals surface area contributed by atoms with E-state index in [2.05, 4.69) is 10.9 Å². The summed E-state index contributed by atoms with van der Waals surface area (Å²) in [5.74, 6) is -1.62. The molecule has 0 spiro atoms. The zero-order chi connectivity index (χ0) is 15.5. The summed E-state index contributed by atoms with van der Waals surface area (Å²) in [5, 5.41) is 0. The molecule has 2 N–H and O–H groups in total. The van der Waals surface area contributed by atoms with Crippen molar-refractivity contribution in [1.29, 1.82) is 0 Å². The van der Waals surface area contributed by atoms with E-state index >= 15 is 0 Å². The molecule has 2 amide bonds. The lowest BCUT2D eigenvalue weighted by molar-refractivity contribution is -0.125. The Balaban J connectivity index is 1.87. The van der Waals surface area contributed by atoms with Crippen molar-refractivity contribution in [3.8, 4) is 0 Å². The molecule has 0 unspecified atom stereocenters. The van der Waals surface area contributed by atoms with Gasteiger partial charge in [0, 0.05) is 10.5 Å². The van der Waals surface area contributed by atoms with E-state index in [0.717, 1.165) is 4.90 Å². The molecule has 1 aliphatic heterocycles. The van der Waals surface area contributed by atoms with Crippen LogP contribution in [0.5, 0.6) is 0 Å². The maximum absolute atomic E-state index is 11.8. The van der Waals surface area contributed by atoms with Crippen LogP contribution in [0.2, 0.25) is 0 Å². The fraction of sp³-hybridized carbons (Fsp3) is 0.385. The average molecular weight is 328 g/mol. The van der Waals surface area contributed by atoms with Crippen molar-refractivity contribution >= 4 is 33.4 Å². The largest absolute Gasteiger partial charge is 0.273 e. The minimum Gasteiger partial charge on any atom is -0.273 e. The Morgan fingerprint density at radius 1 is 1.19 bits per heavy atom. The predicted molar refractivity (Wildman–Crippen MR) is 80.6 cm³/mol. The lowest BCUT2D eigenvalue weighted by Crippen LogP contribution is -2.44. The fourth-order valence-electron chi connectivity index (χ4n) is 2.04. The summed E-state index contributed by atoms with van der Waals surface area (Å²) in [4.78, 5) is 24.6. The van der Waals surface area contributed by atoms with Crippen molar-refractivity contribution in [2.45, 2.75) is 11.3 Å². The molecule has 6 nitrogen and oxygen atoms in total. The SMILES string of the molecule is CSc1ccc(C(=O)NNC(=O)[C@H]2CCS(=O)(=O)C2)cc1. The molecule has 114 valence electrons. The lowest BCUT2D eigenvalue weighted by atomic mass is 10.1. The van der Waals surface area contributed by atoms with Gasteiger partial charge in [-0.3, -0.25) is 20.4 Å². The number of carbonyl (C=O) groups excluding carboxylic acids is 2. The summed E-state index contributed by atoms with van der Waals surface area (Å²) in [5.41, 5.74) is 5.00. The van der Waals surface area contributed by atoms with E-state index < -0.39 is 27.6 Å². The Morgan fingerprint density at radius 3 is 2.38 bits per heavy atom. The predicted octanol–water partition coefficient (Wildman–Crippen LogP) is 0.604. The normalized spacial score (nSPS) is 20.0. The van der Waals surface area contributed by atoms with Gasteiger partial charge in [0.05, 0.1) is 17.4 Å². The van der Waals surface area contributed by atoms with Gasteiger partial charge in [-0.1, -0.05) is 0 Å². The smallest absolute Gasteiger partial charge is 0.269 e. The average Bonchev–Trinajstić information content (AvgIpc) is 2.84. The third-order valence-corrected chi connectivity index (χ3v) is 5.77. The second-order valence-corrected chi connectivity index (χ2v) is 7.88. The van der Waals surface area contributed by atoms with Crippen molar-refractivity contribution in [2.75, 3.05) is 17.8 Å². The topological polar surface area (TPSA) is 92.3 Å². The summed E-state index contributed by atoms with van der Waals surface area (Å²) >= 11 is 1.57. The molecule has 0 aliphatic carbocycles. The molecular weight excluding hydrogens is 312 g/mol. The number of hydrogen-bond donors (Lipinski definition) is 2. The van der Waals surface area contributed by atoms with Gasteiger partial charge in [0.25, 0.3) is 5.91 Å². The van der Waals surface area contributed by atoms with Crippen molar-refractivity contribution in [2.24, 2.45) is 5.92 Å². The quantitative estimate of drug-likeness (QED) is 0.626. The first-order valence-corrected chi connectivity index (χ1v) is 9.40. The molecule has 1 heterocycles. The zero-order valence-electron chi connectivity index (χ0n) is 11.5. The Bertz CT molecular complexity index is 641. The molecular formula is C13H16N2O4S2. The number of sulfone groups is 1. The number of amides is 2. The minimum absolute atomic E-state index is 0.0230. The van der Waals surface area contributed by atoms with E-state index in [1.54, 1.807) is 23.9 Å². The first kappa shape index (κ1) is 15.8. The van der Waals surface area contributed by atoms with Crippen LogP contribution in [0.1, 0.15) is 16.8 Å². The second kappa shape index (κ2) is 6.48. The second-order valence-electron chi connectivity index (χ2n) is 4.77. The summed E-state index contributed by atoms with van der Waals surface area (Å²) in [6, 6.07) is 6.94. The first-order chi connectivity index (χ1) is 9.91. The highest BCUT2D eigenvalue weighted by molar-refractivity contribution is 7.98. The molecule has 1 atom stereocenters. The molecule has 0 bridgehead atoms. The highest BCUT2D eigenvalue weighted by atomic mass is 32.2. The molecule has 1 saturated heterocycles. The van der Waals surface area contributed by atoms with Gasteiger partial charge in [-0.15, -0.1) is 11.8 Å². The van der Waals surface area contributed by atoms with Gasteiger partial charge in [-0.05, 0) is 36.9 Å². The molecule has 0 saturated carbocycles. The van der Waals surface area contributed by atoms with Gasteiger partial charge >= 0.3 is 0 Å². The van der Waals surface area contributed by atoms with E-state index in [-0.39, 0.29) is 11.5 Å². The van der Waals surface area contributed by atoms with Crippen LogP contribution < -0.4 is 10.9 Å². The van der Waals surface area contributed by atoms with Gasteiger partial charge in [-0.25, -0.2) is 8.42 Å². The van der Waals surface area contributed by atoms with Gasteiger partial charge in [0.15, 0.2) is 9.84 Å². The van der Waals surface area contributed by atoms with E-state index in [1.165, 1.54) is 0 Å². The van der Waals surface area contributed by atoms with Crippen molar-refractivity contribution in [3.05, 3.63) is 29.8 Å². The van der Waals surface area contributed by atoms with E-state index in [4.69, 9.17) is 0 Å². The van der Waals surface area contributed by atoms with Crippen molar-refractivity contribution in [1.82, 2.24) is 10.9 Å². The van der Waals surface area contributed by atoms with E-state index in [9.17, 15) is 18.0 Å². The summed E-state index contributed by atoms with van der Waals surface area (Å²) < 4.78 is 22.6. The van der Waals surface area contributed by atoms with Crippen LogP contribution in [-0.4, -0.2) is 38.0 Å². The molecule has 2 rings (SSSR count). The number of thioether (sulfide) groups is 1. The van der Waals surface area contributed by atoms with E-state index in [0.29, 0.717) is 12.0 Å². The van der Waals surface area contributed by atoms with Crippen LogP contribution in [-0.2, 0) is 14.6 Å². The maximum Gasteiger partial charge on any atom is 0.269 e. The lowest BCUT2D eigenvalue weighted by Gasteiger charge is -2.10. The molecule has 1 aromatic carbocycles. The number of benzene rings is 1. The van der Waals surface area contributed by atoms with Gasteiger partial charge in [0.2, 0.25) is 5.91 Å². The number of nitrogens with one attached hydrogen (secondary N) is 2. The summed E-state index contributed by atoms with van der Waals surface area (Å²) in [7, 11) is -3.11. The molecule has 1 aliphatic rings. The third kappa shape index (κ3) is 4.21. The molecule has 1 aromatic rings. The van der Waals surface area contributed by atoms with Crippen LogP contribution in [0, 0.1) is 5.92 Å². The van der Waals surface area contributed by atoms with Crippen LogP contribution in [0.15, 0.2) is 29.2 Å². The Morgan fingerprint density at radius 2 is 1.86 bits per heavy atom. The molecule has 1 fully saturated rings. The van der Waals surface area contributed by atoms with E-state index in [1.807, 2.05) is 18.4 Å². The van der Waals surface area contributed by atoms with Crippen molar-refractivity contribution < 1.29 is 18.0 Å². The zero-order valence-corrected chi connectivity index (χ0v) is 13.1. The Hall–Kier alpha value is -1.54. The Labute approximate surface area is 127 Å². The van der Waals surface area contributed by atoms with Crippen LogP contribution >= 0.6 is 11.8 Å². The van der Waals surface area contributed by atoms with Gasteiger partial charge in [0.1, 0.15) is 0 Å². The van der Waals surface area contributed by atoms with Crippen LogP contribution in [0.4, 0.5) is 0 Å². The highest BCUT2D eigenvalue weighted by Crippen LogP contribution is 2.18. The number of hydrogen-bond acceptors (Lipinski definition) is 5. The minimum atomic E-state index is -3.11. The van der Waals surface area contributed by atoms with Crippen LogP contribution in [0.3, 0.4) is 0 Å². The summed E-state index contributed by atoms with van der Waals surface area (Å²) in [6.45, 7) is 0. The monoisotopic (exact) mass is 328 g/mol. The fourth-order valence-corrected chi connectivity index (χ4v) is 4.19. The molecule has 0 radical (unpaired) electrons. The number of hydrazine groups is 1.